The molecule has 0 radical (unpaired) electrons. The lowest BCUT2D eigenvalue weighted by Crippen LogP contribution is -2.29. The Morgan fingerprint density at radius 3 is 1.61 bits per heavy atom. The van der Waals surface area contributed by atoms with Gasteiger partial charge in [-0.1, -0.05) is 134 Å². The molecule has 0 rings (SSSR count). The van der Waals surface area contributed by atoms with Crippen LogP contribution in [0.4, 0.5) is 0 Å². The molecule has 11 heteroatoms. The maximum atomic E-state index is 12.5. The van der Waals surface area contributed by atoms with Gasteiger partial charge in [0.2, 0.25) is 0 Å². The van der Waals surface area contributed by atoms with Gasteiger partial charge in [-0.15, -0.1) is 0 Å². The maximum absolute atomic E-state index is 12.5. The Morgan fingerprint density at radius 1 is 0.612 bits per heavy atom. The van der Waals surface area contributed by atoms with Gasteiger partial charge in [-0.05, 0) is 44.9 Å². The number of phosphoric acid groups is 1. The second-order valence-corrected chi connectivity index (χ2v) is 14.4. The van der Waals surface area contributed by atoms with Crippen LogP contribution in [0.3, 0.4) is 0 Å². The van der Waals surface area contributed by atoms with Gasteiger partial charge in [0.1, 0.15) is 12.7 Å². The first-order valence-corrected chi connectivity index (χ1v) is 20.8. The van der Waals surface area contributed by atoms with Gasteiger partial charge in [0.05, 0.1) is 19.8 Å². The first-order chi connectivity index (χ1) is 23.7. The van der Waals surface area contributed by atoms with Crippen molar-refractivity contribution in [1.82, 2.24) is 0 Å². The number of esters is 2. The van der Waals surface area contributed by atoms with E-state index in [1.165, 1.54) is 83.5 Å². The molecule has 0 aromatic rings. The van der Waals surface area contributed by atoms with E-state index >= 15 is 0 Å². The summed E-state index contributed by atoms with van der Waals surface area (Å²) in [5.41, 5.74) is 0. The van der Waals surface area contributed by atoms with E-state index in [-0.39, 0.29) is 19.4 Å². The quantitative estimate of drug-likeness (QED) is 0.0248. The number of hydrogen-bond acceptors (Lipinski definition) is 9. The van der Waals surface area contributed by atoms with Gasteiger partial charge in [0.15, 0.2) is 6.10 Å². The fourth-order valence-electron chi connectivity index (χ4n) is 5.08. The summed E-state index contributed by atoms with van der Waals surface area (Å²) in [4.78, 5) is 34.8. The minimum atomic E-state index is -4.61. The van der Waals surface area contributed by atoms with E-state index < -0.39 is 51.8 Å². The molecule has 0 amide bonds. The number of aliphatic hydroxyl groups is 2. The first-order valence-electron chi connectivity index (χ1n) is 19.3. The molecule has 0 saturated carbocycles. The molecule has 0 heterocycles. The molecule has 0 aliphatic carbocycles. The topological polar surface area (TPSA) is 149 Å². The first kappa shape index (κ1) is 47.4. The Hall–Kier alpha value is -1.55. The molecule has 0 fully saturated rings. The smallest absolute Gasteiger partial charge is 0.462 e. The molecular weight excluding hydrogens is 647 g/mol. The Bertz CT molecular complexity index is 879. The van der Waals surface area contributed by atoms with Crippen LogP contribution in [0.15, 0.2) is 24.3 Å². The molecule has 1 unspecified atom stereocenters. The van der Waals surface area contributed by atoms with Crippen LogP contribution in [-0.2, 0) is 32.7 Å². The fourth-order valence-corrected chi connectivity index (χ4v) is 5.87. The molecule has 49 heavy (non-hydrogen) atoms. The lowest BCUT2D eigenvalue weighted by atomic mass is 10.1. The predicted octanol–water partition coefficient (Wildman–Crippen LogP) is 9.44. The van der Waals surface area contributed by atoms with Gasteiger partial charge in [0.25, 0.3) is 0 Å². The third-order valence-corrected chi connectivity index (χ3v) is 9.06. The molecule has 10 nitrogen and oxygen atoms in total. The Balaban J connectivity index is 4.40. The molecule has 0 aliphatic rings. The van der Waals surface area contributed by atoms with E-state index in [1.54, 1.807) is 0 Å². The van der Waals surface area contributed by atoms with Crippen LogP contribution in [0.5, 0.6) is 0 Å². The van der Waals surface area contributed by atoms with Crippen molar-refractivity contribution in [2.75, 3.05) is 26.4 Å². The second kappa shape index (κ2) is 34.9. The van der Waals surface area contributed by atoms with Crippen LogP contribution in [0.25, 0.3) is 0 Å². The summed E-state index contributed by atoms with van der Waals surface area (Å²) in [6, 6.07) is 0. The molecule has 0 spiro atoms. The van der Waals surface area contributed by atoms with Gasteiger partial charge < -0.3 is 24.6 Å². The minimum Gasteiger partial charge on any atom is -0.462 e. The van der Waals surface area contributed by atoms with Crippen molar-refractivity contribution in [3.05, 3.63) is 24.3 Å². The van der Waals surface area contributed by atoms with Gasteiger partial charge in [-0.2, -0.15) is 0 Å². The van der Waals surface area contributed by atoms with Crippen LogP contribution in [0, 0.1) is 0 Å². The zero-order valence-electron chi connectivity index (χ0n) is 30.9. The summed E-state index contributed by atoms with van der Waals surface area (Å²) in [5, 5.41) is 18.3. The molecule has 0 aromatic heterocycles. The normalized spacial score (nSPS) is 14.3. The molecule has 3 atom stereocenters. The van der Waals surface area contributed by atoms with E-state index in [4.69, 9.17) is 19.1 Å². The monoisotopic (exact) mass is 718 g/mol. The molecule has 0 aliphatic heterocycles. The van der Waals surface area contributed by atoms with Gasteiger partial charge >= 0.3 is 19.8 Å². The summed E-state index contributed by atoms with van der Waals surface area (Å²) >= 11 is 0. The molecule has 0 saturated heterocycles. The average molecular weight is 719 g/mol. The highest BCUT2D eigenvalue weighted by Gasteiger charge is 2.27. The SMILES string of the molecule is CCCCCCCC/C=C/C/C=C/CCCCC(=O)OC[C@H](COP(=O)(O)OC[C@@H](O)CO)OC(=O)CCCCCCCCCCCCC. The molecule has 0 bridgehead atoms. The van der Waals surface area contributed by atoms with E-state index in [2.05, 4.69) is 42.7 Å². The number of rotatable bonds is 36. The number of unbranched alkanes of at least 4 members (excludes halogenated alkanes) is 18. The number of carbonyl (C=O) groups excluding carboxylic acids is 2. The summed E-state index contributed by atoms with van der Waals surface area (Å²) in [7, 11) is -4.61. The Kier molecular flexibility index (Phi) is 33.8. The highest BCUT2D eigenvalue weighted by Crippen LogP contribution is 2.43. The molecule has 3 N–H and O–H groups in total. The number of aliphatic hydroxyl groups excluding tert-OH is 2. The van der Waals surface area contributed by atoms with Crippen molar-refractivity contribution < 1.29 is 47.8 Å². The highest BCUT2D eigenvalue weighted by molar-refractivity contribution is 7.47. The van der Waals surface area contributed by atoms with Crippen molar-refractivity contribution in [1.29, 1.82) is 0 Å². The van der Waals surface area contributed by atoms with E-state index in [0.29, 0.717) is 12.8 Å². The lowest BCUT2D eigenvalue weighted by molar-refractivity contribution is -0.161. The zero-order valence-corrected chi connectivity index (χ0v) is 31.8. The number of allylic oxidation sites excluding steroid dienone is 4. The summed E-state index contributed by atoms with van der Waals surface area (Å²) in [6.45, 7) is 2.31. The minimum absolute atomic E-state index is 0.180. The summed E-state index contributed by atoms with van der Waals surface area (Å²) in [6.07, 6.45) is 31.5. The lowest BCUT2D eigenvalue weighted by Gasteiger charge is -2.20. The third kappa shape index (κ3) is 34.7. The van der Waals surface area contributed by atoms with Crippen molar-refractivity contribution in [2.24, 2.45) is 0 Å². The highest BCUT2D eigenvalue weighted by atomic mass is 31.2. The fraction of sp³-hybridized carbons (Fsp3) is 0.842. The predicted molar refractivity (Wildman–Crippen MR) is 196 cm³/mol. The standard InChI is InChI=1S/C38H71O10P/c1-3-5-7-9-11-13-15-16-17-18-20-21-23-25-27-29-37(41)45-33-36(34-47-49(43,44)46-32-35(40)31-39)48-38(42)30-28-26-24-22-19-14-12-10-8-6-4-2/h16-17,20-21,35-36,39-40H,3-15,18-19,22-34H2,1-2H3,(H,43,44)/b17-16+,21-20+/t35-,36+/m0/s1. The van der Waals surface area contributed by atoms with Gasteiger partial charge in [-0.3, -0.25) is 18.6 Å². The van der Waals surface area contributed by atoms with Crippen LogP contribution < -0.4 is 0 Å². The maximum Gasteiger partial charge on any atom is 0.472 e. The van der Waals surface area contributed by atoms with Crippen LogP contribution in [0.1, 0.15) is 168 Å². The average Bonchev–Trinajstić information content (AvgIpc) is 3.09. The van der Waals surface area contributed by atoms with Gasteiger partial charge in [-0.25, -0.2) is 4.57 Å². The molecule has 0 aromatic carbocycles. The van der Waals surface area contributed by atoms with E-state index in [0.717, 1.165) is 44.9 Å². The van der Waals surface area contributed by atoms with Crippen molar-refractivity contribution in [2.45, 2.75) is 180 Å². The summed E-state index contributed by atoms with van der Waals surface area (Å²) in [5.74, 6) is -0.962. The molecular formula is C38H71O10P. The van der Waals surface area contributed by atoms with Crippen LogP contribution >= 0.6 is 7.82 Å². The largest absolute Gasteiger partial charge is 0.472 e. The third-order valence-electron chi connectivity index (χ3n) is 8.11. The number of hydrogen-bond donors (Lipinski definition) is 3. The Labute approximate surface area is 298 Å². The van der Waals surface area contributed by atoms with Crippen LogP contribution in [-0.4, -0.2) is 65.7 Å². The molecule has 288 valence electrons. The van der Waals surface area contributed by atoms with Crippen molar-refractivity contribution in [3.63, 3.8) is 0 Å². The summed E-state index contributed by atoms with van der Waals surface area (Å²) < 4.78 is 32.5. The van der Waals surface area contributed by atoms with Gasteiger partial charge in [0, 0.05) is 12.8 Å². The van der Waals surface area contributed by atoms with Crippen molar-refractivity contribution in [3.8, 4) is 0 Å². The zero-order chi connectivity index (χ0) is 36.3. The number of phosphoric ester groups is 1. The van der Waals surface area contributed by atoms with Crippen molar-refractivity contribution >= 4 is 19.8 Å². The van der Waals surface area contributed by atoms with E-state index in [9.17, 15) is 24.2 Å². The number of ether oxygens (including phenoxy) is 2. The number of carbonyl (C=O) groups is 2. The van der Waals surface area contributed by atoms with Crippen LogP contribution in [0.2, 0.25) is 0 Å². The van der Waals surface area contributed by atoms with E-state index in [1.807, 2.05) is 0 Å². The Morgan fingerprint density at radius 2 is 1.06 bits per heavy atom. The second-order valence-electron chi connectivity index (χ2n) is 13.0.